The van der Waals surface area contributed by atoms with Crippen LogP contribution in [0, 0.1) is 0 Å². The molecule has 29 heteroatoms. The molecule has 0 saturated carbocycles. The maximum atomic E-state index is 11.5. The summed E-state index contributed by atoms with van der Waals surface area (Å²) in [7, 11) is 3.65. The summed E-state index contributed by atoms with van der Waals surface area (Å²) in [6, 6.07) is 3.48. The number of β-amino-alcohol motifs (C(OH)–C–C–N with tert-alkyl or cyclic N) is 6. The number of aliphatic hydroxyl groups excluding tert-OH is 6. The number of pyridine rings is 1. The predicted molar refractivity (Wildman–Crippen MR) is 244 cm³/mol. The first-order chi connectivity index (χ1) is 33.1. The second kappa shape index (κ2) is 38.3. The first kappa shape index (κ1) is 71.7. The molecule has 27 nitrogen and oxygen atoms in total. The second-order valence-electron chi connectivity index (χ2n) is 18.0. The standard InChI is InChI=1S/C22H39N6O7.C22H38N6O7.H2O.2Y/c2*1-24-12-17(22(23)35)2-3-18(24)13-25-4-6-26(14-19(29)30)8-10-28(16-21(33)34)11-9-27(7-5-25)15-20(31)32;;;/h3,12,19-21,29,31,33H,2,4-11,13-16H2,1H3,(H2,23,35);2-3,12,19-21,29,31,33H,4-11,13-16H2,1H3,(H2,23,35);1H2;;/q-3;-2;;2*+3. The summed E-state index contributed by atoms with van der Waals surface area (Å²) in [6.45, 7) is 7.92. The molecule has 0 aliphatic carbocycles. The Morgan fingerprint density at radius 1 is 0.521 bits per heavy atom. The van der Waals surface area contributed by atoms with E-state index in [0.717, 1.165) is 11.4 Å². The number of amides is 2. The molecule has 2 saturated heterocycles. The van der Waals surface area contributed by atoms with Crippen molar-refractivity contribution in [1.82, 2.24) is 44.1 Å². The fourth-order valence-electron chi connectivity index (χ4n) is 8.38. The van der Waals surface area contributed by atoms with Crippen LogP contribution in [0.15, 0.2) is 41.9 Å². The van der Waals surface area contributed by atoms with E-state index in [2.05, 4.69) is 9.80 Å². The molecule has 4 heterocycles. The van der Waals surface area contributed by atoms with Crippen molar-refractivity contribution in [2.24, 2.45) is 18.5 Å². The van der Waals surface area contributed by atoms with Crippen molar-refractivity contribution in [1.29, 1.82) is 0 Å². The summed E-state index contributed by atoms with van der Waals surface area (Å²) in [4.78, 5) is 39.9. The van der Waals surface area contributed by atoms with E-state index < -0.39 is 49.6 Å². The SMILES string of the molecule is CN1C=C(C(N)=O)CC=C1CN1CCN(CC([O-])O)CCN(CC([O-])O)CCN(CC([O-])O)CC1.C[n+]1cc(C(N)=O)ccc1CN1CCN(CC([O-])O)CCN(CC([O-])O)CCN(CC([O-])O)CC1.O.[Y+3].[Y+3]. The molecule has 0 aromatic carbocycles. The fraction of sp³-hybridized carbons (Fsp3) is 0.750. The summed E-state index contributed by atoms with van der Waals surface area (Å²) >= 11 is 0. The van der Waals surface area contributed by atoms with Gasteiger partial charge in [-0.3, -0.25) is 48.8 Å². The van der Waals surface area contributed by atoms with Gasteiger partial charge in [-0.2, -0.15) is 0 Å². The minimum Gasteiger partial charge on any atom is -0.830 e. The predicted octanol–water partition coefficient (Wildman–Crippen LogP) is -13.6. The van der Waals surface area contributed by atoms with Crippen molar-refractivity contribution in [3.8, 4) is 0 Å². The van der Waals surface area contributed by atoms with Crippen LogP contribution in [0.5, 0.6) is 0 Å². The molecule has 3 aliphatic heterocycles. The Hall–Kier alpha value is -1.26. The van der Waals surface area contributed by atoms with Gasteiger partial charge in [-0.15, -0.1) is 0 Å². The Kier molecular flexibility index (Phi) is 37.7. The monoisotopic (exact) mass is 1190 g/mol. The molecule has 73 heavy (non-hydrogen) atoms. The molecule has 0 radical (unpaired) electrons. The van der Waals surface area contributed by atoms with Crippen LogP contribution in [-0.4, -0.2) is 287 Å². The van der Waals surface area contributed by atoms with Crippen molar-refractivity contribution in [2.75, 3.05) is 158 Å². The number of nitrogens with two attached hydrogens (primary N) is 2. The smallest absolute Gasteiger partial charge is 0.830 e. The maximum absolute atomic E-state index is 11.5. The zero-order valence-corrected chi connectivity index (χ0v) is 47.9. The van der Waals surface area contributed by atoms with Crippen LogP contribution in [0.1, 0.15) is 22.5 Å². The number of aryl methyl sites for hydroxylation is 1. The molecule has 1 aromatic rings. The van der Waals surface area contributed by atoms with Gasteiger partial charge < -0.3 is 83.1 Å². The number of aromatic nitrogens is 1. The van der Waals surface area contributed by atoms with Crippen LogP contribution in [0.2, 0.25) is 0 Å². The van der Waals surface area contributed by atoms with Gasteiger partial charge >= 0.3 is 65.4 Å². The molecule has 0 spiro atoms. The van der Waals surface area contributed by atoms with Gasteiger partial charge in [0.15, 0.2) is 11.9 Å². The van der Waals surface area contributed by atoms with Crippen LogP contribution in [-0.2, 0) is 83.8 Å². The van der Waals surface area contributed by atoms with Crippen molar-refractivity contribution < 1.29 is 146 Å². The normalized spacial score (nSPS) is 21.4. The number of likely N-dealkylation sites (N-methyl/N-ethyl adjacent to an activating group) is 1. The zero-order chi connectivity index (χ0) is 51.9. The summed E-state index contributed by atoms with van der Waals surface area (Å²) in [6.07, 6.45) is -4.83. The Morgan fingerprint density at radius 3 is 1.05 bits per heavy atom. The molecule has 12 N–H and O–H groups in total. The molecule has 6 atom stereocenters. The molecule has 410 valence electrons. The van der Waals surface area contributed by atoms with Gasteiger partial charge in [0.2, 0.25) is 5.91 Å². The second-order valence-corrected chi connectivity index (χ2v) is 18.0. The minimum atomic E-state index is -1.78. The first-order valence-corrected chi connectivity index (χ1v) is 23.6. The van der Waals surface area contributed by atoms with E-state index in [1.165, 1.54) is 0 Å². The number of rotatable bonds is 18. The van der Waals surface area contributed by atoms with Crippen LogP contribution in [0.25, 0.3) is 0 Å². The van der Waals surface area contributed by atoms with Crippen LogP contribution in [0.3, 0.4) is 0 Å². The van der Waals surface area contributed by atoms with E-state index in [9.17, 15) is 70.9 Å². The third-order valence-electron chi connectivity index (χ3n) is 12.3. The summed E-state index contributed by atoms with van der Waals surface area (Å²) in [5.41, 5.74) is 13.6. The van der Waals surface area contributed by atoms with Crippen LogP contribution < -0.4 is 46.7 Å². The number of allylic oxidation sites excluding steroid dienone is 1. The average Bonchev–Trinajstić information content (AvgIpc) is 3.25. The first-order valence-electron chi connectivity index (χ1n) is 23.6. The van der Waals surface area contributed by atoms with E-state index in [0.29, 0.717) is 135 Å². The fourth-order valence-corrected chi connectivity index (χ4v) is 8.38. The number of hydrogen-bond acceptors (Lipinski definition) is 23. The largest absolute Gasteiger partial charge is 3.00 e. The Morgan fingerprint density at radius 2 is 0.808 bits per heavy atom. The van der Waals surface area contributed by atoms with Gasteiger partial charge in [0.05, 0.1) is 6.54 Å². The Bertz CT molecular complexity index is 1710. The molecule has 1 aromatic heterocycles. The quantitative estimate of drug-likeness (QED) is 0.0500. The van der Waals surface area contributed by atoms with E-state index in [-0.39, 0.29) is 110 Å². The van der Waals surface area contributed by atoms with Crippen LogP contribution >= 0.6 is 0 Å². The number of carbonyl (C=O) groups excluding carboxylic acids is 2. The van der Waals surface area contributed by atoms with Crippen molar-refractivity contribution in [2.45, 2.75) is 50.7 Å². The number of primary amides is 2. The van der Waals surface area contributed by atoms with Crippen molar-refractivity contribution in [3.63, 3.8) is 0 Å². The number of carbonyl (C=O) groups is 2. The van der Waals surface area contributed by atoms with E-state index in [4.69, 9.17) is 11.5 Å². The van der Waals surface area contributed by atoms with Gasteiger partial charge in [0.25, 0.3) is 5.91 Å². The van der Waals surface area contributed by atoms with E-state index >= 15 is 0 Å². The Labute approximate surface area is 478 Å². The van der Waals surface area contributed by atoms with Crippen LogP contribution in [0.4, 0.5) is 0 Å². The molecule has 3 aliphatic rings. The van der Waals surface area contributed by atoms with Gasteiger partial charge in [0, 0.05) is 181 Å². The number of hydrogen-bond donors (Lipinski definition) is 8. The summed E-state index contributed by atoms with van der Waals surface area (Å²) in [5, 5.41) is 125. The summed E-state index contributed by atoms with van der Waals surface area (Å²) in [5.74, 6) is -0.980. The third kappa shape index (κ3) is 30.5. The zero-order valence-electron chi connectivity index (χ0n) is 42.3. The topological polar surface area (TPSA) is 410 Å². The van der Waals surface area contributed by atoms with Gasteiger partial charge in [-0.1, -0.05) is 6.08 Å². The molecular weight excluding hydrogens is 1110 g/mol. The maximum Gasteiger partial charge on any atom is 3.00 e. The van der Waals surface area contributed by atoms with E-state index in [1.54, 1.807) is 28.3 Å². The van der Waals surface area contributed by atoms with Crippen molar-refractivity contribution >= 4 is 11.8 Å². The molecule has 2 amide bonds. The van der Waals surface area contributed by atoms with Crippen molar-refractivity contribution in [3.05, 3.63) is 53.1 Å². The van der Waals surface area contributed by atoms with Gasteiger partial charge in [0.1, 0.15) is 12.6 Å². The number of aliphatic hydroxyl groups is 6. The Balaban J connectivity index is 0.00000136. The molecular formula is C44H79N12O15Y2+. The molecule has 0 bridgehead atoms. The summed E-state index contributed by atoms with van der Waals surface area (Å²) < 4.78 is 1.82. The number of nitrogens with zero attached hydrogens (tertiary/aromatic N) is 10. The van der Waals surface area contributed by atoms with E-state index in [1.807, 2.05) is 55.3 Å². The molecule has 4 rings (SSSR count). The minimum absolute atomic E-state index is 0. The van der Waals surface area contributed by atoms with Gasteiger partial charge in [-0.05, 0) is 50.2 Å². The average molecular weight is 1190 g/mol. The van der Waals surface area contributed by atoms with Gasteiger partial charge in [-0.25, -0.2) is 4.57 Å². The third-order valence-corrected chi connectivity index (χ3v) is 12.3. The molecule has 6 unspecified atom stereocenters. The molecule has 2 fully saturated rings.